The number of hydrogen-bond donors (Lipinski definition) is 2. The molecule has 2 N–H and O–H groups in total. The fraction of sp³-hybridized carbons (Fsp3) is 0.455. The molecule has 0 amide bonds. The minimum absolute atomic E-state index is 0.230. The van der Waals surface area contributed by atoms with Crippen LogP contribution < -0.4 is 9.47 Å². The van der Waals surface area contributed by atoms with Gasteiger partial charge in [0, 0.05) is 6.42 Å². The first-order valence-electron chi connectivity index (χ1n) is 4.82. The molecule has 0 spiro atoms. The summed E-state index contributed by atoms with van der Waals surface area (Å²) in [5, 5.41) is 17.6. The Labute approximate surface area is 89.1 Å². The largest absolute Gasteiger partial charge is 0.497 e. The summed E-state index contributed by atoms with van der Waals surface area (Å²) >= 11 is 0. The van der Waals surface area contributed by atoms with Crippen LogP contribution in [-0.4, -0.2) is 36.6 Å². The first-order valence-corrected chi connectivity index (χ1v) is 4.82. The second kappa shape index (κ2) is 6.27. The van der Waals surface area contributed by atoms with E-state index < -0.39 is 6.10 Å². The summed E-state index contributed by atoms with van der Waals surface area (Å²) in [6.07, 6.45) is -0.286. The van der Waals surface area contributed by atoms with Gasteiger partial charge in [0.05, 0.1) is 26.4 Å². The minimum Gasteiger partial charge on any atom is -0.497 e. The number of methoxy groups -OCH3 is 1. The van der Waals surface area contributed by atoms with E-state index >= 15 is 0 Å². The van der Waals surface area contributed by atoms with Crippen LogP contribution in [0.5, 0.6) is 11.5 Å². The first-order chi connectivity index (χ1) is 7.26. The van der Waals surface area contributed by atoms with Crippen molar-refractivity contribution >= 4 is 0 Å². The molecule has 0 aliphatic rings. The van der Waals surface area contributed by atoms with E-state index in [2.05, 4.69) is 0 Å². The van der Waals surface area contributed by atoms with Crippen molar-refractivity contribution in [3.63, 3.8) is 0 Å². The number of rotatable bonds is 6. The zero-order chi connectivity index (χ0) is 11.1. The zero-order valence-corrected chi connectivity index (χ0v) is 8.72. The van der Waals surface area contributed by atoms with E-state index in [1.54, 1.807) is 31.4 Å². The lowest BCUT2D eigenvalue weighted by atomic mass is 10.3. The lowest BCUT2D eigenvalue weighted by Gasteiger charge is -2.09. The van der Waals surface area contributed by atoms with Gasteiger partial charge in [0.2, 0.25) is 0 Å². The van der Waals surface area contributed by atoms with Gasteiger partial charge in [-0.2, -0.15) is 0 Å². The second-order valence-corrected chi connectivity index (χ2v) is 3.15. The van der Waals surface area contributed by atoms with Crippen LogP contribution in [0.15, 0.2) is 24.3 Å². The number of benzene rings is 1. The maximum absolute atomic E-state index is 9.07. The summed E-state index contributed by atoms with van der Waals surface area (Å²) in [6, 6.07) is 7.20. The molecule has 0 aromatic heterocycles. The quantitative estimate of drug-likeness (QED) is 0.733. The summed E-state index contributed by atoms with van der Waals surface area (Å²) in [5.74, 6) is 1.50. The molecular weight excluding hydrogens is 196 g/mol. The number of ether oxygens (including phenoxy) is 2. The van der Waals surface area contributed by atoms with Gasteiger partial charge in [-0.05, 0) is 24.3 Å². The lowest BCUT2D eigenvalue weighted by molar-refractivity contribution is 0.0754. The SMILES string of the molecule is COc1ccc(OCC[C@H](O)CO)cc1. The highest BCUT2D eigenvalue weighted by Gasteiger charge is 2.01. The van der Waals surface area contributed by atoms with Crippen molar-refractivity contribution in [3.05, 3.63) is 24.3 Å². The Hall–Kier alpha value is -1.26. The van der Waals surface area contributed by atoms with Crippen molar-refractivity contribution in [1.82, 2.24) is 0 Å². The van der Waals surface area contributed by atoms with Gasteiger partial charge in [0.15, 0.2) is 0 Å². The van der Waals surface area contributed by atoms with Gasteiger partial charge in [-0.15, -0.1) is 0 Å². The van der Waals surface area contributed by atoms with E-state index in [4.69, 9.17) is 19.7 Å². The van der Waals surface area contributed by atoms with Gasteiger partial charge < -0.3 is 19.7 Å². The Morgan fingerprint density at radius 2 is 1.80 bits per heavy atom. The maximum Gasteiger partial charge on any atom is 0.119 e. The van der Waals surface area contributed by atoms with Crippen molar-refractivity contribution in [3.8, 4) is 11.5 Å². The molecule has 84 valence electrons. The fourth-order valence-corrected chi connectivity index (χ4v) is 1.08. The molecule has 4 nitrogen and oxygen atoms in total. The molecule has 1 atom stereocenters. The minimum atomic E-state index is -0.705. The molecule has 0 fully saturated rings. The summed E-state index contributed by atoms with van der Waals surface area (Å²) in [4.78, 5) is 0. The molecule has 4 heteroatoms. The molecule has 0 saturated carbocycles. The van der Waals surface area contributed by atoms with Gasteiger partial charge in [-0.3, -0.25) is 0 Å². The van der Waals surface area contributed by atoms with Crippen LogP contribution in [0, 0.1) is 0 Å². The lowest BCUT2D eigenvalue weighted by Crippen LogP contribution is -2.15. The van der Waals surface area contributed by atoms with Crippen LogP contribution in [0.1, 0.15) is 6.42 Å². The summed E-state index contributed by atoms with van der Waals surface area (Å²) in [7, 11) is 1.60. The molecule has 1 aromatic rings. The third kappa shape index (κ3) is 4.18. The summed E-state index contributed by atoms with van der Waals surface area (Å²) in [5.41, 5.74) is 0. The Morgan fingerprint density at radius 3 is 2.33 bits per heavy atom. The summed E-state index contributed by atoms with van der Waals surface area (Å²) < 4.78 is 10.4. The molecule has 1 aromatic carbocycles. The predicted molar refractivity (Wildman–Crippen MR) is 56.2 cm³/mol. The molecule has 0 radical (unpaired) electrons. The van der Waals surface area contributed by atoms with Crippen molar-refractivity contribution in [2.75, 3.05) is 20.3 Å². The highest BCUT2D eigenvalue weighted by Crippen LogP contribution is 2.17. The topological polar surface area (TPSA) is 58.9 Å². The van der Waals surface area contributed by atoms with Crippen molar-refractivity contribution < 1.29 is 19.7 Å². The van der Waals surface area contributed by atoms with Crippen LogP contribution >= 0.6 is 0 Å². The smallest absolute Gasteiger partial charge is 0.119 e. The Balaban J connectivity index is 2.31. The monoisotopic (exact) mass is 212 g/mol. The standard InChI is InChI=1S/C11H16O4/c1-14-10-2-4-11(5-3-10)15-7-6-9(13)8-12/h2-5,9,12-13H,6-8H2,1H3/t9-/m0/s1. The first kappa shape index (κ1) is 11.8. The van der Waals surface area contributed by atoms with Gasteiger partial charge in [-0.1, -0.05) is 0 Å². The highest BCUT2D eigenvalue weighted by molar-refractivity contribution is 5.31. The molecule has 0 bridgehead atoms. The third-order valence-corrected chi connectivity index (χ3v) is 1.99. The number of hydrogen-bond acceptors (Lipinski definition) is 4. The maximum atomic E-state index is 9.07. The van der Waals surface area contributed by atoms with Crippen molar-refractivity contribution in [2.45, 2.75) is 12.5 Å². The van der Waals surface area contributed by atoms with Crippen LogP contribution in [0.3, 0.4) is 0 Å². The van der Waals surface area contributed by atoms with E-state index in [9.17, 15) is 0 Å². The van der Waals surface area contributed by atoms with Crippen LogP contribution in [0.4, 0.5) is 0 Å². The molecule has 0 unspecified atom stereocenters. The van der Waals surface area contributed by atoms with E-state index in [1.807, 2.05) is 0 Å². The molecule has 0 aliphatic heterocycles. The Morgan fingerprint density at radius 1 is 1.20 bits per heavy atom. The van der Waals surface area contributed by atoms with E-state index in [-0.39, 0.29) is 6.61 Å². The summed E-state index contributed by atoms with van der Waals surface area (Å²) in [6.45, 7) is 0.153. The molecule has 0 aliphatic carbocycles. The van der Waals surface area contributed by atoms with Crippen LogP contribution in [-0.2, 0) is 0 Å². The third-order valence-electron chi connectivity index (χ3n) is 1.99. The van der Waals surface area contributed by atoms with Gasteiger partial charge in [-0.25, -0.2) is 0 Å². The van der Waals surface area contributed by atoms with Gasteiger partial charge in [0.1, 0.15) is 11.5 Å². The zero-order valence-electron chi connectivity index (χ0n) is 8.72. The Bertz CT molecular complexity index is 270. The normalized spacial score (nSPS) is 12.2. The van der Waals surface area contributed by atoms with Crippen LogP contribution in [0.25, 0.3) is 0 Å². The molecule has 0 saturated heterocycles. The van der Waals surface area contributed by atoms with E-state index in [0.717, 1.165) is 11.5 Å². The Kier molecular flexibility index (Phi) is 4.93. The average molecular weight is 212 g/mol. The van der Waals surface area contributed by atoms with Gasteiger partial charge >= 0.3 is 0 Å². The van der Waals surface area contributed by atoms with E-state index in [0.29, 0.717) is 13.0 Å². The molecule has 15 heavy (non-hydrogen) atoms. The molecular formula is C11H16O4. The predicted octanol–water partition coefficient (Wildman–Crippen LogP) is 0.817. The van der Waals surface area contributed by atoms with E-state index in [1.165, 1.54) is 0 Å². The van der Waals surface area contributed by atoms with Gasteiger partial charge in [0.25, 0.3) is 0 Å². The number of aliphatic hydroxyl groups is 2. The number of aliphatic hydroxyl groups excluding tert-OH is 2. The van der Waals surface area contributed by atoms with Crippen LogP contribution in [0.2, 0.25) is 0 Å². The molecule has 1 rings (SSSR count). The average Bonchev–Trinajstić information content (AvgIpc) is 2.29. The van der Waals surface area contributed by atoms with Crippen molar-refractivity contribution in [1.29, 1.82) is 0 Å². The molecule has 0 heterocycles. The second-order valence-electron chi connectivity index (χ2n) is 3.15. The highest BCUT2D eigenvalue weighted by atomic mass is 16.5. The van der Waals surface area contributed by atoms with Crippen molar-refractivity contribution in [2.24, 2.45) is 0 Å². The fourth-order valence-electron chi connectivity index (χ4n) is 1.08.